The van der Waals surface area contributed by atoms with E-state index in [4.69, 9.17) is 11.6 Å². The third-order valence-corrected chi connectivity index (χ3v) is 2.69. The summed E-state index contributed by atoms with van der Waals surface area (Å²) in [6.07, 6.45) is 5.26. The summed E-state index contributed by atoms with van der Waals surface area (Å²) in [5.74, 6) is 5.89. The summed E-state index contributed by atoms with van der Waals surface area (Å²) in [4.78, 5) is 14.5. The molecule has 0 aromatic heterocycles. The molecule has 1 aliphatic rings. The highest BCUT2D eigenvalue weighted by atomic mass is 16.5. The van der Waals surface area contributed by atoms with Crippen molar-refractivity contribution in [3.8, 4) is 0 Å². The molecule has 1 fully saturated rings. The van der Waals surface area contributed by atoms with Crippen LogP contribution in [0.2, 0.25) is 0 Å². The number of carbonyl (C=O) groups excluding carboxylic acids is 1. The highest BCUT2D eigenvalue weighted by molar-refractivity contribution is 5.79. The molecule has 0 bridgehead atoms. The first-order chi connectivity index (χ1) is 8.22. The van der Waals surface area contributed by atoms with E-state index in [1.807, 2.05) is 0 Å². The van der Waals surface area contributed by atoms with Crippen molar-refractivity contribution in [2.45, 2.75) is 38.1 Å². The van der Waals surface area contributed by atoms with Crippen LogP contribution in [0.5, 0.6) is 0 Å². The predicted octanol–water partition coefficient (Wildman–Crippen LogP) is -0.177. The van der Waals surface area contributed by atoms with Crippen molar-refractivity contribution in [2.75, 3.05) is 13.2 Å². The minimum Gasteiger partial charge on any atom is -0.448 e. The zero-order valence-electron chi connectivity index (χ0n) is 9.95. The van der Waals surface area contributed by atoms with Gasteiger partial charge in [-0.25, -0.2) is 15.6 Å². The molecule has 0 saturated heterocycles. The Labute approximate surface area is 101 Å². The Morgan fingerprint density at radius 3 is 2.65 bits per heavy atom. The van der Waals surface area contributed by atoms with E-state index < -0.39 is 6.09 Å². The Hall–Kier alpha value is -1.50. The van der Waals surface area contributed by atoms with Gasteiger partial charge in [0.25, 0.3) is 0 Å². The van der Waals surface area contributed by atoms with E-state index in [9.17, 15) is 4.79 Å². The quantitative estimate of drug-likeness (QED) is 0.180. The molecule has 0 unspecified atom stereocenters. The van der Waals surface area contributed by atoms with Crippen LogP contribution in [0.15, 0.2) is 4.99 Å². The Morgan fingerprint density at radius 1 is 1.35 bits per heavy atom. The van der Waals surface area contributed by atoms with Crippen LogP contribution in [0.3, 0.4) is 0 Å². The second-order valence-corrected chi connectivity index (χ2v) is 4.02. The second kappa shape index (κ2) is 7.72. The number of carbonyl (C=O) groups is 1. The van der Waals surface area contributed by atoms with Gasteiger partial charge in [0.1, 0.15) is 6.61 Å². The second-order valence-electron chi connectivity index (χ2n) is 4.02. The minimum absolute atomic E-state index is 0.160. The van der Waals surface area contributed by atoms with Crippen LogP contribution in [0.25, 0.3) is 0 Å². The molecule has 0 aromatic rings. The van der Waals surface area contributed by atoms with Crippen LogP contribution in [0.1, 0.15) is 32.1 Å². The van der Waals surface area contributed by atoms with Gasteiger partial charge in [0, 0.05) is 6.04 Å². The number of nitrogens with zero attached hydrogens (tertiary/aromatic N) is 1. The van der Waals surface area contributed by atoms with E-state index >= 15 is 0 Å². The van der Waals surface area contributed by atoms with Crippen LogP contribution in [0.4, 0.5) is 4.79 Å². The third kappa shape index (κ3) is 5.96. The molecular weight excluding hydrogens is 222 g/mol. The SMILES string of the molecule is NNC(=NCCOC(N)=O)NC1CCCCC1. The summed E-state index contributed by atoms with van der Waals surface area (Å²) in [5.41, 5.74) is 7.33. The fraction of sp³-hybridized carbons (Fsp3) is 0.800. The largest absolute Gasteiger partial charge is 0.448 e. The third-order valence-electron chi connectivity index (χ3n) is 2.69. The minimum atomic E-state index is -0.789. The summed E-state index contributed by atoms with van der Waals surface area (Å²) < 4.78 is 4.56. The first-order valence-corrected chi connectivity index (χ1v) is 5.92. The van der Waals surface area contributed by atoms with Gasteiger partial charge in [0.2, 0.25) is 5.96 Å². The van der Waals surface area contributed by atoms with E-state index in [0.29, 0.717) is 18.5 Å². The molecule has 0 aliphatic heterocycles. The molecule has 1 aliphatic carbocycles. The Kier molecular flexibility index (Phi) is 6.16. The normalized spacial score (nSPS) is 17.6. The number of nitrogens with one attached hydrogen (secondary N) is 2. The van der Waals surface area contributed by atoms with Crippen molar-refractivity contribution in [3.05, 3.63) is 0 Å². The lowest BCUT2D eigenvalue weighted by atomic mass is 9.96. The van der Waals surface area contributed by atoms with Gasteiger partial charge in [-0.05, 0) is 12.8 Å². The Bertz CT molecular complexity index is 263. The molecule has 1 rings (SSSR count). The number of hydrogen-bond acceptors (Lipinski definition) is 4. The van der Waals surface area contributed by atoms with Crippen LogP contribution in [-0.2, 0) is 4.74 Å². The molecule has 1 saturated carbocycles. The molecular formula is C10H21N5O2. The van der Waals surface area contributed by atoms with Crippen molar-refractivity contribution in [2.24, 2.45) is 16.6 Å². The molecule has 7 nitrogen and oxygen atoms in total. The maximum Gasteiger partial charge on any atom is 0.404 e. The van der Waals surface area contributed by atoms with Crippen molar-refractivity contribution in [1.82, 2.24) is 10.7 Å². The number of hydrazine groups is 1. The maximum absolute atomic E-state index is 10.3. The lowest BCUT2D eigenvalue weighted by Crippen LogP contribution is -2.47. The smallest absolute Gasteiger partial charge is 0.404 e. The lowest BCUT2D eigenvalue weighted by Gasteiger charge is -2.24. The monoisotopic (exact) mass is 243 g/mol. The zero-order chi connectivity index (χ0) is 12.5. The van der Waals surface area contributed by atoms with Crippen molar-refractivity contribution in [1.29, 1.82) is 0 Å². The number of aliphatic imine (C=N–C) groups is 1. The van der Waals surface area contributed by atoms with Gasteiger partial charge < -0.3 is 15.8 Å². The molecule has 0 spiro atoms. The average Bonchev–Trinajstić information content (AvgIpc) is 2.34. The topological polar surface area (TPSA) is 115 Å². The summed E-state index contributed by atoms with van der Waals surface area (Å²) >= 11 is 0. The van der Waals surface area contributed by atoms with Gasteiger partial charge in [0.15, 0.2) is 0 Å². The van der Waals surface area contributed by atoms with Crippen LogP contribution in [-0.4, -0.2) is 31.2 Å². The highest BCUT2D eigenvalue weighted by Gasteiger charge is 2.13. The molecule has 0 radical (unpaired) electrons. The number of nitrogens with two attached hydrogens (primary N) is 2. The van der Waals surface area contributed by atoms with Gasteiger partial charge in [-0.1, -0.05) is 19.3 Å². The molecule has 7 heteroatoms. The summed E-state index contributed by atoms with van der Waals surface area (Å²) in [7, 11) is 0. The summed E-state index contributed by atoms with van der Waals surface area (Å²) in [5, 5.41) is 3.24. The summed E-state index contributed by atoms with van der Waals surface area (Å²) in [6.45, 7) is 0.495. The zero-order valence-corrected chi connectivity index (χ0v) is 9.95. The van der Waals surface area contributed by atoms with E-state index in [-0.39, 0.29) is 6.61 Å². The number of amides is 1. The van der Waals surface area contributed by atoms with Crippen LogP contribution in [0, 0.1) is 0 Å². The number of rotatable bonds is 4. The molecule has 1 amide bonds. The number of guanidine groups is 1. The van der Waals surface area contributed by atoms with E-state index in [0.717, 1.165) is 12.8 Å². The summed E-state index contributed by atoms with van der Waals surface area (Å²) in [6, 6.07) is 0.426. The van der Waals surface area contributed by atoms with Gasteiger partial charge in [0.05, 0.1) is 6.54 Å². The molecule has 6 N–H and O–H groups in total. The van der Waals surface area contributed by atoms with E-state index in [1.54, 1.807) is 0 Å². The molecule has 0 atom stereocenters. The van der Waals surface area contributed by atoms with Gasteiger partial charge in [-0.2, -0.15) is 0 Å². The average molecular weight is 243 g/mol. The number of primary amides is 1. The van der Waals surface area contributed by atoms with Gasteiger partial charge >= 0.3 is 6.09 Å². The first kappa shape index (κ1) is 13.6. The van der Waals surface area contributed by atoms with Gasteiger partial charge in [-0.15, -0.1) is 0 Å². The van der Waals surface area contributed by atoms with Crippen molar-refractivity contribution < 1.29 is 9.53 Å². The van der Waals surface area contributed by atoms with Gasteiger partial charge in [-0.3, -0.25) is 5.43 Å². The lowest BCUT2D eigenvalue weighted by molar-refractivity contribution is 0.160. The Morgan fingerprint density at radius 2 is 2.06 bits per heavy atom. The maximum atomic E-state index is 10.3. The first-order valence-electron chi connectivity index (χ1n) is 5.92. The molecule has 98 valence electrons. The fourth-order valence-electron chi connectivity index (χ4n) is 1.88. The number of hydrogen-bond donors (Lipinski definition) is 4. The predicted molar refractivity (Wildman–Crippen MR) is 65.2 cm³/mol. The van der Waals surface area contributed by atoms with Crippen LogP contribution >= 0.6 is 0 Å². The Balaban J connectivity index is 2.25. The molecule has 0 heterocycles. The number of ether oxygens (including phenoxy) is 1. The van der Waals surface area contributed by atoms with E-state index in [2.05, 4.69) is 20.5 Å². The van der Waals surface area contributed by atoms with E-state index in [1.165, 1.54) is 19.3 Å². The van der Waals surface area contributed by atoms with Crippen molar-refractivity contribution >= 4 is 12.1 Å². The standard InChI is InChI=1S/C10H21N5O2/c11-9(16)17-7-6-13-10(15-12)14-8-4-2-1-3-5-8/h8H,1-7,12H2,(H2,11,16)(H2,13,14,15). The molecule has 17 heavy (non-hydrogen) atoms. The van der Waals surface area contributed by atoms with Crippen LogP contribution < -0.4 is 22.3 Å². The highest BCUT2D eigenvalue weighted by Crippen LogP contribution is 2.16. The fourth-order valence-corrected chi connectivity index (χ4v) is 1.88. The van der Waals surface area contributed by atoms with Crippen molar-refractivity contribution in [3.63, 3.8) is 0 Å². The molecule has 0 aromatic carbocycles.